The molecule has 86 valence electrons. The number of rotatable bonds is 4. The van der Waals surface area contributed by atoms with Gasteiger partial charge in [0.15, 0.2) is 0 Å². The van der Waals surface area contributed by atoms with Crippen molar-refractivity contribution in [3.05, 3.63) is 29.3 Å². The molecule has 1 N–H and O–H groups in total. The smallest absolute Gasteiger partial charge is 0.103 e. The summed E-state index contributed by atoms with van der Waals surface area (Å²) in [6.45, 7) is 5.17. The van der Waals surface area contributed by atoms with Gasteiger partial charge in [0.2, 0.25) is 0 Å². The highest BCUT2D eigenvalue weighted by Gasteiger charge is 2.07. The molecule has 0 spiro atoms. The zero-order valence-electron chi connectivity index (χ0n) is 9.90. The highest BCUT2D eigenvalue weighted by molar-refractivity contribution is 7.13. The number of hydrogen-bond acceptors (Lipinski definition) is 3. The molecule has 4 heteroatoms. The monoisotopic (exact) mass is 235 g/mol. The fraction of sp³-hybridized carbons (Fsp3) is 0.417. The van der Waals surface area contributed by atoms with Gasteiger partial charge in [-0.1, -0.05) is 19.9 Å². The van der Waals surface area contributed by atoms with Gasteiger partial charge in [0.1, 0.15) is 5.69 Å². The molecule has 0 amide bonds. The van der Waals surface area contributed by atoms with Crippen LogP contribution in [-0.4, -0.2) is 15.8 Å². The van der Waals surface area contributed by atoms with Gasteiger partial charge in [0.25, 0.3) is 0 Å². The third-order valence-electron chi connectivity index (χ3n) is 2.44. The molecule has 0 aliphatic heterocycles. The summed E-state index contributed by atoms with van der Waals surface area (Å²) in [5, 5.41) is 10.0. The summed E-state index contributed by atoms with van der Waals surface area (Å²) in [5.74, 6) is 0. The van der Waals surface area contributed by atoms with Crippen LogP contribution in [0.5, 0.6) is 0 Å². The third-order valence-corrected chi connectivity index (χ3v) is 3.33. The number of nitrogens with zero attached hydrogens (tertiary/aromatic N) is 2. The standard InChI is InChI=1S/C12H17N3S/c1-9(2)13-8-10-7-11(14-15(10)3)12-5-4-6-16-12/h4-7,9,13H,8H2,1-3H3. The van der Waals surface area contributed by atoms with Crippen molar-refractivity contribution in [2.75, 3.05) is 0 Å². The summed E-state index contributed by atoms with van der Waals surface area (Å²) in [7, 11) is 1.99. The normalized spacial score (nSPS) is 11.2. The zero-order chi connectivity index (χ0) is 11.5. The van der Waals surface area contributed by atoms with E-state index in [-0.39, 0.29) is 0 Å². The summed E-state index contributed by atoms with van der Waals surface area (Å²) < 4.78 is 1.95. The maximum atomic E-state index is 4.52. The van der Waals surface area contributed by atoms with Crippen LogP contribution in [0.1, 0.15) is 19.5 Å². The van der Waals surface area contributed by atoms with Crippen LogP contribution in [0.15, 0.2) is 23.6 Å². The number of nitrogens with one attached hydrogen (secondary N) is 1. The summed E-state index contributed by atoms with van der Waals surface area (Å²) in [5.41, 5.74) is 2.29. The SMILES string of the molecule is CC(C)NCc1cc(-c2cccs2)nn1C. The van der Waals surface area contributed by atoms with E-state index in [9.17, 15) is 0 Å². The van der Waals surface area contributed by atoms with Gasteiger partial charge in [-0.05, 0) is 17.5 Å². The van der Waals surface area contributed by atoms with Crippen molar-refractivity contribution in [1.82, 2.24) is 15.1 Å². The topological polar surface area (TPSA) is 29.9 Å². The van der Waals surface area contributed by atoms with Crippen LogP contribution >= 0.6 is 11.3 Å². The molecule has 0 aliphatic rings. The molecule has 0 atom stereocenters. The summed E-state index contributed by atoms with van der Waals surface area (Å²) >= 11 is 1.73. The molecule has 16 heavy (non-hydrogen) atoms. The van der Waals surface area contributed by atoms with E-state index >= 15 is 0 Å². The predicted molar refractivity (Wildman–Crippen MR) is 68.5 cm³/mol. The van der Waals surface area contributed by atoms with Crippen molar-refractivity contribution < 1.29 is 0 Å². The Morgan fingerprint density at radius 2 is 2.31 bits per heavy atom. The lowest BCUT2D eigenvalue weighted by atomic mass is 10.3. The average molecular weight is 235 g/mol. The van der Waals surface area contributed by atoms with Gasteiger partial charge < -0.3 is 5.32 Å². The van der Waals surface area contributed by atoms with Crippen LogP contribution in [0.2, 0.25) is 0 Å². The molecule has 0 aliphatic carbocycles. The van der Waals surface area contributed by atoms with E-state index in [2.05, 4.69) is 47.8 Å². The van der Waals surface area contributed by atoms with Gasteiger partial charge in [-0.25, -0.2) is 0 Å². The molecule has 0 fully saturated rings. The van der Waals surface area contributed by atoms with Gasteiger partial charge in [-0.3, -0.25) is 4.68 Å². The Hall–Kier alpha value is -1.13. The van der Waals surface area contributed by atoms with Gasteiger partial charge in [-0.15, -0.1) is 11.3 Å². The number of aromatic nitrogens is 2. The lowest BCUT2D eigenvalue weighted by Gasteiger charge is -2.07. The molecular formula is C12H17N3S. The Labute approximate surface area is 100 Å². The average Bonchev–Trinajstić information content (AvgIpc) is 2.83. The first-order valence-electron chi connectivity index (χ1n) is 5.47. The molecule has 0 aromatic carbocycles. The minimum Gasteiger partial charge on any atom is -0.309 e. The van der Waals surface area contributed by atoms with Gasteiger partial charge >= 0.3 is 0 Å². The number of hydrogen-bond donors (Lipinski definition) is 1. The van der Waals surface area contributed by atoms with Gasteiger partial charge in [-0.2, -0.15) is 5.10 Å². The molecule has 0 radical (unpaired) electrons. The van der Waals surface area contributed by atoms with Crippen LogP contribution < -0.4 is 5.32 Å². The first-order chi connectivity index (χ1) is 7.66. The van der Waals surface area contributed by atoms with E-state index < -0.39 is 0 Å². The summed E-state index contributed by atoms with van der Waals surface area (Å²) in [6.07, 6.45) is 0. The Morgan fingerprint density at radius 3 is 2.94 bits per heavy atom. The largest absolute Gasteiger partial charge is 0.309 e. The molecule has 3 nitrogen and oxygen atoms in total. The fourth-order valence-electron chi connectivity index (χ4n) is 1.52. The number of aryl methyl sites for hydroxylation is 1. The molecule has 0 saturated heterocycles. The Balaban J connectivity index is 2.16. The van der Waals surface area contributed by atoms with Crippen molar-refractivity contribution >= 4 is 11.3 Å². The first-order valence-corrected chi connectivity index (χ1v) is 6.35. The zero-order valence-corrected chi connectivity index (χ0v) is 10.7. The Bertz CT molecular complexity index is 443. The second-order valence-electron chi connectivity index (χ2n) is 4.16. The lowest BCUT2D eigenvalue weighted by molar-refractivity contribution is 0.560. The maximum absolute atomic E-state index is 4.52. The molecule has 2 aromatic heterocycles. The fourth-order valence-corrected chi connectivity index (χ4v) is 2.21. The van der Waals surface area contributed by atoms with Gasteiger partial charge in [0, 0.05) is 19.6 Å². The minimum absolute atomic E-state index is 0.500. The second kappa shape index (κ2) is 4.80. The van der Waals surface area contributed by atoms with E-state index in [1.54, 1.807) is 11.3 Å². The highest BCUT2D eigenvalue weighted by atomic mass is 32.1. The van der Waals surface area contributed by atoms with Crippen LogP contribution in [0.4, 0.5) is 0 Å². The van der Waals surface area contributed by atoms with E-state index in [4.69, 9.17) is 0 Å². The molecule has 0 bridgehead atoms. The van der Waals surface area contributed by atoms with E-state index in [0.29, 0.717) is 6.04 Å². The van der Waals surface area contributed by atoms with Crippen LogP contribution in [0.25, 0.3) is 10.6 Å². The van der Waals surface area contributed by atoms with E-state index in [0.717, 1.165) is 12.2 Å². The van der Waals surface area contributed by atoms with Crippen molar-refractivity contribution in [2.24, 2.45) is 7.05 Å². The quantitative estimate of drug-likeness (QED) is 0.883. The van der Waals surface area contributed by atoms with Crippen LogP contribution in [0, 0.1) is 0 Å². The molecular weight excluding hydrogens is 218 g/mol. The van der Waals surface area contributed by atoms with Crippen molar-refractivity contribution in [3.63, 3.8) is 0 Å². The van der Waals surface area contributed by atoms with Crippen molar-refractivity contribution in [1.29, 1.82) is 0 Å². The molecule has 2 heterocycles. The van der Waals surface area contributed by atoms with E-state index in [1.807, 2.05) is 11.7 Å². The molecule has 2 aromatic rings. The first kappa shape index (κ1) is 11.4. The van der Waals surface area contributed by atoms with E-state index in [1.165, 1.54) is 10.6 Å². The molecule has 2 rings (SSSR count). The summed E-state index contributed by atoms with van der Waals surface area (Å²) in [4.78, 5) is 1.23. The van der Waals surface area contributed by atoms with Gasteiger partial charge in [0.05, 0.1) is 10.6 Å². The minimum atomic E-state index is 0.500. The summed E-state index contributed by atoms with van der Waals surface area (Å²) in [6, 6.07) is 6.81. The van der Waals surface area contributed by atoms with Crippen molar-refractivity contribution in [3.8, 4) is 10.6 Å². The molecule has 0 unspecified atom stereocenters. The molecule has 0 saturated carbocycles. The van der Waals surface area contributed by atoms with Crippen molar-refractivity contribution in [2.45, 2.75) is 26.4 Å². The van der Waals surface area contributed by atoms with Crippen LogP contribution in [-0.2, 0) is 13.6 Å². The Morgan fingerprint density at radius 1 is 1.50 bits per heavy atom. The lowest BCUT2D eigenvalue weighted by Crippen LogP contribution is -2.23. The highest BCUT2D eigenvalue weighted by Crippen LogP contribution is 2.23. The van der Waals surface area contributed by atoms with Crippen LogP contribution in [0.3, 0.4) is 0 Å². The predicted octanol–water partition coefficient (Wildman–Crippen LogP) is 2.65. The maximum Gasteiger partial charge on any atom is 0.103 e. The third kappa shape index (κ3) is 2.51. The second-order valence-corrected chi connectivity index (χ2v) is 5.11. The Kier molecular flexibility index (Phi) is 3.41. The number of thiophene rings is 1.